The average molecular weight is 342 g/mol. The number of aromatic nitrogens is 3. The van der Waals surface area contributed by atoms with Gasteiger partial charge in [-0.1, -0.05) is 0 Å². The van der Waals surface area contributed by atoms with Crippen molar-refractivity contribution >= 4 is 11.6 Å². The minimum absolute atomic E-state index is 0.477. The predicted molar refractivity (Wildman–Crippen MR) is 81.7 cm³/mol. The predicted octanol–water partition coefficient (Wildman–Crippen LogP) is 2.42. The van der Waals surface area contributed by atoms with Crippen molar-refractivity contribution in [3.8, 4) is 0 Å². The monoisotopic (exact) mass is 342 g/mol. The smallest absolute Gasteiger partial charge is 0.321 e. The van der Waals surface area contributed by atoms with E-state index in [9.17, 15) is 22.8 Å². The Morgan fingerprint density at radius 1 is 1.33 bits per heavy atom. The fourth-order valence-electron chi connectivity index (χ4n) is 2.29. The Kier molecular flexibility index (Phi) is 4.54. The maximum atomic E-state index is 12.6. The van der Waals surface area contributed by atoms with Crippen LogP contribution >= 0.6 is 0 Å². The fourth-order valence-corrected chi connectivity index (χ4v) is 2.29. The van der Waals surface area contributed by atoms with E-state index in [0.717, 1.165) is 22.5 Å². The highest BCUT2D eigenvalue weighted by Gasteiger charge is 2.31. The van der Waals surface area contributed by atoms with Gasteiger partial charge in [-0.3, -0.25) is 14.3 Å². The molecule has 9 heteroatoms. The molecule has 0 bridgehead atoms. The van der Waals surface area contributed by atoms with Gasteiger partial charge in [-0.15, -0.1) is 0 Å². The van der Waals surface area contributed by atoms with Crippen LogP contribution in [-0.2, 0) is 18.0 Å². The van der Waals surface area contributed by atoms with E-state index in [-0.39, 0.29) is 0 Å². The third kappa shape index (κ3) is 3.34. The summed E-state index contributed by atoms with van der Waals surface area (Å²) in [6, 6.07) is 0.273. The highest BCUT2D eigenvalue weighted by atomic mass is 19.4. The summed E-state index contributed by atoms with van der Waals surface area (Å²) < 4.78 is 40.4. The molecule has 0 aliphatic rings. The zero-order chi connectivity index (χ0) is 18.2. The lowest BCUT2D eigenvalue weighted by Crippen LogP contribution is -2.32. The van der Waals surface area contributed by atoms with Crippen LogP contribution in [0.15, 0.2) is 23.1 Å². The minimum Gasteiger partial charge on any atom is -0.321 e. The summed E-state index contributed by atoms with van der Waals surface area (Å²) in [4.78, 5) is 24.2. The third-order valence-corrected chi connectivity index (χ3v) is 3.83. The minimum atomic E-state index is -4.60. The first-order valence-corrected chi connectivity index (χ1v) is 7.13. The molecule has 0 aliphatic carbocycles. The number of halogens is 3. The van der Waals surface area contributed by atoms with Crippen LogP contribution in [0.25, 0.3) is 0 Å². The molecule has 24 heavy (non-hydrogen) atoms. The molecule has 1 N–H and O–H groups in total. The standard InChI is InChI=1S/C15H17F3N4O2/c1-8-13(9(2)21(4)20-8)19-14(24)10(3)22-6-5-11(7-12(22)23)15(16,17)18/h5-7,10H,1-4H3,(H,19,24). The molecule has 0 saturated carbocycles. The van der Waals surface area contributed by atoms with Crippen molar-refractivity contribution in [1.82, 2.24) is 14.3 Å². The van der Waals surface area contributed by atoms with Gasteiger partial charge in [0.15, 0.2) is 0 Å². The molecule has 2 heterocycles. The van der Waals surface area contributed by atoms with E-state index >= 15 is 0 Å². The fraction of sp³-hybridized carbons (Fsp3) is 0.400. The van der Waals surface area contributed by atoms with Crippen LogP contribution in [0.5, 0.6) is 0 Å². The lowest BCUT2D eigenvalue weighted by Gasteiger charge is -2.16. The molecule has 1 unspecified atom stereocenters. The molecule has 0 spiro atoms. The summed E-state index contributed by atoms with van der Waals surface area (Å²) in [6.45, 7) is 4.92. The number of pyridine rings is 1. The molecule has 0 radical (unpaired) electrons. The van der Waals surface area contributed by atoms with Crippen molar-refractivity contribution in [1.29, 1.82) is 0 Å². The summed E-state index contributed by atoms with van der Waals surface area (Å²) >= 11 is 0. The number of rotatable bonds is 3. The SMILES string of the molecule is Cc1nn(C)c(C)c1NC(=O)C(C)n1ccc(C(F)(F)F)cc1=O. The Morgan fingerprint density at radius 2 is 1.96 bits per heavy atom. The molecule has 2 aromatic heterocycles. The van der Waals surface area contributed by atoms with Crippen molar-refractivity contribution in [3.63, 3.8) is 0 Å². The van der Waals surface area contributed by atoms with Crippen molar-refractivity contribution < 1.29 is 18.0 Å². The van der Waals surface area contributed by atoms with E-state index in [0.29, 0.717) is 17.4 Å². The Bertz CT molecular complexity index is 836. The van der Waals surface area contributed by atoms with Gasteiger partial charge < -0.3 is 9.88 Å². The molecule has 2 aromatic rings. The van der Waals surface area contributed by atoms with Crippen molar-refractivity contribution in [2.45, 2.75) is 33.0 Å². The molecule has 0 saturated heterocycles. The maximum Gasteiger partial charge on any atom is 0.416 e. The van der Waals surface area contributed by atoms with E-state index in [4.69, 9.17) is 0 Å². The number of carbonyl (C=O) groups excluding carboxylic acids is 1. The number of nitrogens with one attached hydrogen (secondary N) is 1. The number of amides is 1. The Labute approximate surface area is 135 Å². The van der Waals surface area contributed by atoms with Gasteiger partial charge in [-0.25, -0.2) is 0 Å². The number of aryl methyl sites for hydroxylation is 2. The highest BCUT2D eigenvalue weighted by molar-refractivity contribution is 5.94. The van der Waals surface area contributed by atoms with Crippen molar-refractivity contribution in [2.24, 2.45) is 7.05 Å². The molecule has 1 amide bonds. The summed E-state index contributed by atoms with van der Waals surface area (Å²) in [5.41, 5.74) is -0.0835. The van der Waals surface area contributed by atoms with Crippen molar-refractivity contribution in [3.05, 3.63) is 45.6 Å². The maximum absolute atomic E-state index is 12.6. The van der Waals surface area contributed by atoms with E-state index < -0.39 is 29.2 Å². The van der Waals surface area contributed by atoms with Gasteiger partial charge in [0.05, 0.1) is 22.6 Å². The average Bonchev–Trinajstić information content (AvgIpc) is 2.72. The topological polar surface area (TPSA) is 68.9 Å². The summed E-state index contributed by atoms with van der Waals surface area (Å²) in [5, 5.41) is 6.83. The molecule has 0 aromatic carbocycles. The van der Waals surface area contributed by atoms with E-state index in [2.05, 4.69) is 10.4 Å². The molecular formula is C15H17F3N4O2. The summed E-state index contributed by atoms with van der Waals surface area (Å²) in [7, 11) is 1.72. The molecule has 0 fully saturated rings. The lowest BCUT2D eigenvalue weighted by molar-refractivity contribution is -0.137. The van der Waals surface area contributed by atoms with Gasteiger partial charge in [0, 0.05) is 19.3 Å². The number of hydrogen-bond acceptors (Lipinski definition) is 3. The largest absolute Gasteiger partial charge is 0.416 e. The van der Waals surface area contributed by atoms with Gasteiger partial charge in [0.2, 0.25) is 5.91 Å². The normalized spacial score (nSPS) is 13.0. The van der Waals surface area contributed by atoms with Gasteiger partial charge in [-0.2, -0.15) is 18.3 Å². The second-order valence-electron chi connectivity index (χ2n) is 5.49. The van der Waals surface area contributed by atoms with Gasteiger partial charge >= 0.3 is 6.18 Å². The molecular weight excluding hydrogens is 325 g/mol. The first-order chi connectivity index (χ1) is 11.0. The molecule has 6 nitrogen and oxygen atoms in total. The summed E-state index contributed by atoms with van der Waals surface area (Å²) in [6.07, 6.45) is -3.63. The van der Waals surface area contributed by atoms with Crippen LogP contribution in [0.1, 0.15) is 29.9 Å². The third-order valence-electron chi connectivity index (χ3n) is 3.83. The number of anilines is 1. The molecule has 130 valence electrons. The summed E-state index contributed by atoms with van der Waals surface area (Å²) in [5.74, 6) is -0.518. The van der Waals surface area contributed by atoms with Crippen LogP contribution in [0.3, 0.4) is 0 Å². The zero-order valence-electron chi connectivity index (χ0n) is 13.6. The molecule has 0 aliphatic heterocycles. The number of alkyl halides is 3. The Morgan fingerprint density at radius 3 is 2.42 bits per heavy atom. The van der Waals surface area contributed by atoms with Crippen LogP contribution in [0, 0.1) is 13.8 Å². The van der Waals surface area contributed by atoms with Crippen LogP contribution in [-0.4, -0.2) is 20.3 Å². The van der Waals surface area contributed by atoms with Crippen LogP contribution in [0.2, 0.25) is 0 Å². The van der Waals surface area contributed by atoms with E-state index in [1.54, 1.807) is 25.6 Å². The second kappa shape index (κ2) is 6.14. The second-order valence-corrected chi connectivity index (χ2v) is 5.49. The Hall–Kier alpha value is -2.58. The number of hydrogen-bond donors (Lipinski definition) is 1. The van der Waals surface area contributed by atoms with Gasteiger partial charge in [0.25, 0.3) is 5.56 Å². The van der Waals surface area contributed by atoms with Crippen LogP contribution in [0.4, 0.5) is 18.9 Å². The Balaban J connectivity index is 2.27. The van der Waals surface area contributed by atoms with Gasteiger partial charge in [-0.05, 0) is 26.8 Å². The quantitative estimate of drug-likeness (QED) is 0.931. The highest BCUT2D eigenvalue weighted by Crippen LogP contribution is 2.28. The van der Waals surface area contributed by atoms with Crippen molar-refractivity contribution in [2.75, 3.05) is 5.32 Å². The van der Waals surface area contributed by atoms with E-state index in [1.807, 2.05) is 0 Å². The molecule has 2 rings (SSSR count). The zero-order valence-corrected chi connectivity index (χ0v) is 13.6. The van der Waals surface area contributed by atoms with Crippen LogP contribution < -0.4 is 10.9 Å². The molecule has 1 atom stereocenters. The van der Waals surface area contributed by atoms with E-state index in [1.165, 1.54) is 6.92 Å². The lowest BCUT2D eigenvalue weighted by atomic mass is 10.2. The number of carbonyl (C=O) groups is 1. The van der Waals surface area contributed by atoms with Gasteiger partial charge in [0.1, 0.15) is 6.04 Å². The number of nitrogens with zero attached hydrogens (tertiary/aromatic N) is 3. The first kappa shape index (κ1) is 17.8. The first-order valence-electron chi connectivity index (χ1n) is 7.13.